The lowest BCUT2D eigenvalue weighted by Crippen LogP contribution is -2.24. The van der Waals surface area contributed by atoms with Crippen LogP contribution in [0.2, 0.25) is 0 Å². The largest absolute Gasteiger partial charge is 0.481 e. The van der Waals surface area contributed by atoms with E-state index in [9.17, 15) is 18.0 Å². The Balaban J connectivity index is 2.82. The molecule has 0 aliphatic heterocycles. The van der Waals surface area contributed by atoms with E-state index >= 15 is 0 Å². The second-order valence-corrected chi connectivity index (χ2v) is 3.86. The molecule has 0 radical (unpaired) electrons. The molecule has 0 atom stereocenters. The molecule has 1 aromatic heterocycles. The van der Waals surface area contributed by atoms with Crippen LogP contribution in [0.1, 0.15) is 5.56 Å². The summed E-state index contributed by atoms with van der Waals surface area (Å²) in [6.45, 7) is -1.47. The average Bonchev–Trinajstić information content (AvgIpc) is 2.36. The highest BCUT2D eigenvalue weighted by molar-refractivity contribution is 5.64. The second-order valence-electron chi connectivity index (χ2n) is 3.86. The molecule has 0 saturated carbocycles. The molecule has 0 fully saturated rings. The minimum Gasteiger partial charge on any atom is -0.481 e. The summed E-state index contributed by atoms with van der Waals surface area (Å²) in [6.07, 6.45) is -5.61. The van der Waals surface area contributed by atoms with Crippen molar-refractivity contribution in [3.63, 3.8) is 0 Å². The zero-order valence-electron chi connectivity index (χ0n) is 10.8. The van der Waals surface area contributed by atoms with E-state index in [1.807, 2.05) is 0 Å². The molecule has 0 aliphatic rings. The maximum atomic E-state index is 12.0. The van der Waals surface area contributed by atoms with Crippen LogP contribution in [0.4, 0.5) is 18.0 Å². The number of alkyl halides is 3. The summed E-state index contributed by atoms with van der Waals surface area (Å²) in [7, 11) is 2.62. The van der Waals surface area contributed by atoms with E-state index < -0.39 is 18.9 Å². The summed E-state index contributed by atoms with van der Waals surface area (Å²) in [5, 5.41) is 8.75. The van der Waals surface area contributed by atoms with E-state index in [-0.39, 0.29) is 18.3 Å². The third kappa shape index (κ3) is 4.82. The molecule has 0 aromatic carbocycles. The van der Waals surface area contributed by atoms with Crippen molar-refractivity contribution >= 4 is 6.09 Å². The van der Waals surface area contributed by atoms with Gasteiger partial charge in [0, 0.05) is 18.7 Å². The molecule has 112 valence electrons. The van der Waals surface area contributed by atoms with Crippen molar-refractivity contribution in [1.29, 1.82) is 0 Å². The maximum absolute atomic E-state index is 12.0. The number of nitrogens with zero attached hydrogens (tertiary/aromatic N) is 2. The Bertz CT molecular complexity index is 479. The molecule has 20 heavy (non-hydrogen) atoms. The first-order chi connectivity index (χ1) is 9.23. The van der Waals surface area contributed by atoms with Crippen LogP contribution in [0.3, 0.4) is 0 Å². The number of carbonyl (C=O) groups is 1. The monoisotopic (exact) mass is 294 g/mol. The zero-order chi connectivity index (χ0) is 15.3. The Morgan fingerprint density at radius 2 is 2.10 bits per heavy atom. The van der Waals surface area contributed by atoms with E-state index in [2.05, 4.69) is 9.72 Å². The fourth-order valence-electron chi connectivity index (χ4n) is 1.31. The van der Waals surface area contributed by atoms with E-state index in [0.717, 1.165) is 4.90 Å². The van der Waals surface area contributed by atoms with Crippen LogP contribution in [-0.2, 0) is 6.54 Å². The Kier molecular flexibility index (Phi) is 5.00. The number of aromatic nitrogens is 1. The molecule has 0 unspecified atom stereocenters. The molecule has 1 heterocycles. The van der Waals surface area contributed by atoms with Gasteiger partial charge in [-0.15, -0.1) is 0 Å². The SMILES string of the molecule is COc1nc(OCC(F)(F)F)ccc1CN(C)C(=O)O. The molecule has 1 N–H and O–H groups in total. The predicted octanol–water partition coefficient (Wildman–Crippen LogP) is 2.14. The number of hydrogen-bond donors (Lipinski definition) is 1. The summed E-state index contributed by atoms with van der Waals surface area (Å²) in [5.74, 6) is -0.237. The van der Waals surface area contributed by atoms with Crippen LogP contribution in [0, 0.1) is 0 Å². The van der Waals surface area contributed by atoms with Gasteiger partial charge in [-0.1, -0.05) is 0 Å². The van der Waals surface area contributed by atoms with E-state index in [0.29, 0.717) is 5.56 Å². The number of amides is 1. The third-order valence-corrected chi connectivity index (χ3v) is 2.22. The van der Waals surface area contributed by atoms with Crippen molar-refractivity contribution in [1.82, 2.24) is 9.88 Å². The van der Waals surface area contributed by atoms with Crippen molar-refractivity contribution in [2.45, 2.75) is 12.7 Å². The molecule has 9 heteroatoms. The van der Waals surface area contributed by atoms with E-state index in [1.165, 1.54) is 26.3 Å². The van der Waals surface area contributed by atoms with Gasteiger partial charge in [-0.25, -0.2) is 4.79 Å². The molecule has 1 aromatic rings. The first-order valence-electron chi connectivity index (χ1n) is 5.40. The second kappa shape index (κ2) is 6.31. The van der Waals surface area contributed by atoms with Crippen LogP contribution < -0.4 is 9.47 Å². The number of hydrogen-bond acceptors (Lipinski definition) is 4. The highest BCUT2D eigenvalue weighted by Crippen LogP contribution is 2.23. The molecule has 0 aliphatic carbocycles. The number of halogens is 3. The standard InChI is InChI=1S/C11H13F3N2O4/c1-16(10(17)18)5-7-3-4-8(15-9(7)19-2)20-6-11(12,13)14/h3-4H,5-6H2,1-2H3,(H,17,18). The van der Waals surface area contributed by atoms with Gasteiger partial charge in [0.05, 0.1) is 13.7 Å². The summed E-state index contributed by atoms with van der Waals surface area (Å²) >= 11 is 0. The Labute approximate surface area is 112 Å². The van der Waals surface area contributed by atoms with Crippen LogP contribution in [0.15, 0.2) is 12.1 Å². The molecule has 6 nitrogen and oxygen atoms in total. The summed E-state index contributed by atoms with van der Waals surface area (Å²) in [5.41, 5.74) is 0.414. The van der Waals surface area contributed by atoms with Crippen LogP contribution in [0.5, 0.6) is 11.8 Å². The van der Waals surface area contributed by atoms with Gasteiger partial charge < -0.3 is 19.5 Å². The zero-order valence-corrected chi connectivity index (χ0v) is 10.8. The summed E-state index contributed by atoms with van der Waals surface area (Å²) in [4.78, 5) is 15.4. The molecular weight excluding hydrogens is 281 g/mol. The van der Waals surface area contributed by atoms with Gasteiger partial charge in [-0.3, -0.25) is 0 Å². The number of ether oxygens (including phenoxy) is 2. The predicted molar refractivity (Wildman–Crippen MR) is 61.8 cm³/mol. The lowest BCUT2D eigenvalue weighted by Gasteiger charge is -2.15. The topological polar surface area (TPSA) is 71.9 Å². The normalized spacial score (nSPS) is 11.1. The van der Waals surface area contributed by atoms with E-state index in [1.54, 1.807) is 0 Å². The summed E-state index contributed by atoms with van der Waals surface area (Å²) in [6, 6.07) is 2.62. The lowest BCUT2D eigenvalue weighted by molar-refractivity contribution is -0.154. The third-order valence-electron chi connectivity index (χ3n) is 2.22. The molecular formula is C11H13F3N2O4. The minimum absolute atomic E-state index is 0.00887. The average molecular weight is 294 g/mol. The quantitative estimate of drug-likeness (QED) is 0.900. The Morgan fingerprint density at radius 3 is 2.60 bits per heavy atom. The van der Waals surface area contributed by atoms with Crippen molar-refractivity contribution in [2.75, 3.05) is 20.8 Å². The molecule has 0 spiro atoms. The van der Waals surface area contributed by atoms with Gasteiger partial charge in [-0.2, -0.15) is 18.2 Å². The van der Waals surface area contributed by atoms with Gasteiger partial charge in [0.1, 0.15) is 0 Å². The highest BCUT2D eigenvalue weighted by Gasteiger charge is 2.28. The van der Waals surface area contributed by atoms with Crippen molar-refractivity contribution in [3.8, 4) is 11.8 Å². The number of rotatable bonds is 5. The highest BCUT2D eigenvalue weighted by atomic mass is 19.4. The van der Waals surface area contributed by atoms with Crippen LogP contribution in [-0.4, -0.2) is 48.0 Å². The van der Waals surface area contributed by atoms with Gasteiger partial charge >= 0.3 is 12.3 Å². The molecule has 0 bridgehead atoms. The molecule has 0 saturated heterocycles. The van der Waals surface area contributed by atoms with Crippen molar-refractivity contribution in [2.24, 2.45) is 0 Å². The fourth-order valence-corrected chi connectivity index (χ4v) is 1.31. The Hall–Kier alpha value is -2.19. The molecule has 1 rings (SSSR count). The number of methoxy groups -OCH3 is 1. The van der Waals surface area contributed by atoms with Crippen LogP contribution in [0.25, 0.3) is 0 Å². The van der Waals surface area contributed by atoms with Gasteiger partial charge in [0.25, 0.3) is 0 Å². The lowest BCUT2D eigenvalue weighted by atomic mass is 10.2. The van der Waals surface area contributed by atoms with Gasteiger partial charge in [0.15, 0.2) is 6.61 Å². The fraction of sp³-hybridized carbons (Fsp3) is 0.455. The number of pyridine rings is 1. The van der Waals surface area contributed by atoms with Gasteiger partial charge in [0.2, 0.25) is 11.8 Å². The van der Waals surface area contributed by atoms with Crippen molar-refractivity contribution in [3.05, 3.63) is 17.7 Å². The Morgan fingerprint density at radius 1 is 1.45 bits per heavy atom. The van der Waals surface area contributed by atoms with E-state index in [4.69, 9.17) is 9.84 Å². The first-order valence-corrected chi connectivity index (χ1v) is 5.40. The summed E-state index contributed by atoms with van der Waals surface area (Å²) < 4.78 is 45.4. The molecule has 1 amide bonds. The van der Waals surface area contributed by atoms with Crippen molar-refractivity contribution < 1.29 is 32.5 Å². The van der Waals surface area contributed by atoms with Gasteiger partial charge in [-0.05, 0) is 6.07 Å². The first kappa shape index (κ1) is 15.9. The number of carboxylic acid groups (broad SMARTS) is 1. The minimum atomic E-state index is -4.46. The van der Waals surface area contributed by atoms with Crippen LogP contribution >= 0.6 is 0 Å². The maximum Gasteiger partial charge on any atom is 0.422 e. The smallest absolute Gasteiger partial charge is 0.422 e.